The normalized spacial score (nSPS) is 15.4. The molecule has 174 valence electrons. The molecule has 1 unspecified atom stereocenters. The zero-order chi connectivity index (χ0) is 24.5. The molecule has 0 radical (unpaired) electrons. The largest absolute Gasteiger partial charge is 0.322 e. The summed E-state index contributed by atoms with van der Waals surface area (Å²) in [5.74, 6) is -1.22. The standard InChI is InChI=1S/C24H20ClN3O5S/c25-17-8-6-15(7-9-17)21(29)12-13-22(30)28-20-11-10-18(34(26,32)33)14-19(20)27-24(31)23(28)16-4-2-1-3-5-16/h1-11,14,23H,12-13H2,(H,27,31)(H2,26,32,33). The number of hydrogen-bond acceptors (Lipinski definition) is 5. The molecule has 1 aliphatic heterocycles. The molecule has 3 N–H and O–H groups in total. The summed E-state index contributed by atoms with van der Waals surface area (Å²) >= 11 is 5.87. The van der Waals surface area contributed by atoms with Gasteiger partial charge in [-0.1, -0.05) is 41.9 Å². The monoisotopic (exact) mass is 497 g/mol. The van der Waals surface area contributed by atoms with Crippen LogP contribution in [0.25, 0.3) is 0 Å². The number of nitrogens with zero attached hydrogens (tertiary/aromatic N) is 1. The molecule has 3 aromatic rings. The van der Waals surface area contributed by atoms with Gasteiger partial charge < -0.3 is 5.32 Å². The van der Waals surface area contributed by atoms with Gasteiger partial charge in [-0.3, -0.25) is 19.3 Å². The number of anilines is 2. The predicted molar refractivity (Wildman–Crippen MR) is 128 cm³/mol. The molecule has 1 heterocycles. The lowest BCUT2D eigenvalue weighted by Crippen LogP contribution is -2.45. The van der Waals surface area contributed by atoms with Crippen molar-refractivity contribution in [1.29, 1.82) is 0 Å². The van der Waals surface area contributed by atoms with Gasteiger partial charge in [0.25, 0.3) is 5.91 Å². The number of ketones is 1. The lowest BCUT2D eigenvalue weighted by atomic mass is 9.98. The van der Waals surface area contributed by atoms with Gasteiger partial charge in [0.2, 0.25) is 15.9 Å². The van der Waals surface area contributed by atoms with Gasteiger partial charge in [0.1, 0.15) is 6.04 Å². The van der Waals surface area contributed by atoms with Crippen LogP contribution in [0.15, 0.2) is 77.7 Å². The van der Waals surface area contributed by atoms with Gasteiger partial charge in [0, 0.05) is 23.4 Å². The number of nitrogens with two attached hydrogens (primary N) is 1. The van der Waals surface area contributed by atoms with Crippen molar-refractivity contribution in [3.63, 3.8) is 0 Å². The molecule has 0 aromatic heterocycles. The lowest BCUT2D eigenvalue weighted by Gasteiger charge is -2.37. The first-order valence-corrected chi connectivity index (χ1v) is 12.2. The molecule has 8 nitrogen and oxygen atoms in total. The average molecular weight is 498 g/mol. The number of carbonyl (C=O) groups is 3. The molecule has 3 aromatic carbocycles. The van der Waals surface area contributed by atoms with Crippen LogP contribution < -0.4 is 15.4 Å². The summed E-state index contributed by atoms with van der Waals surface area (Å²) in [6.07, 6.45) is -0.237. The molecular weight excluding hydrogens is 478 g/mol. The molecule has 0 aliphatic carbocycles. The second-order valence-corrected chi connectivity index (χ2v) is 9.72. The molecule has 0 saturated heterocycles. The van der Waals surface area contributed by atoms with Crippen LogP contribution >= 0.6 is 11.6 Å². The van der Waals surface area contributed by atoms with Crippen LogP contribution in [0.3, 0.4) is 0 Å². The Morgan fingerprint density at radius 3 is 2.29 bits per heavy atom. The molecule has 1 atom stereocenters. The summed E-state index contributed by atoms with van der Waals surface area (Å²) in [5, 5.41) is 8.38. The van der Waals surface area contributed by atoms with Gasteiger partial charge in [-0.15, -0.1) is 0 Å². The molecule has 0 fully saturated rings. The Kier molecular flexibility index (Phi) is 6.52. The van der Waals surface area contributed by atoms with Crippen molar-refractivity contribution in [3.8, 4) is 0 Å². The summed E-state index contributed by atoms with van der Waals surface area (Å²) in [5.41, 5.74) is 1.44. The van der Waals surface area contributed by atoms with E-state index in [0.29, 0.717) is 21.8 Å². The summed E-state index contributed by atoms with van der Waals surface area (Å²) in [7, 11) is -4.02. The number of carbonyl (C=O) groups excluding carboxylic acids is 3. The Hall–Kier alpha value is -3.53. The Labute approximate surface area is 201 Å². The van der Waals surface area contributed by atoms with Crippen LogP contribution in [0, 0.1) is 0 Å². The molecule has 0 saturated carbocycles. The van der Waals surface area contributed by atoms with E-state index < -0.39 is 27.9 Å². The first kappa shape index (κ1) is 23.6. The second-order valence-electron chi connectivity index (χ2n) is 7.72. The van der Waals surface area contributed by atoms with Crippen LogP contribution in [0.1, 0.15) is 34.8 Å². The van der Waals surface area contributed by atoms with Crippen molar-refractivity contribution >= 4 is 50.6 Å². The minimum absolute atomic E-state index is 0.0787. The molecule has 1 aliphatic rings. The fourth-order valence-corrected chi connectivity index (χ4v) is 4.46. The van der Waals surface area contributed by atoms with Crippen molar-refractivity contribution in [2.75, 3.05) is 10.2 Å². The fourth-order valence-electron chi connectivity index (χ4n) is 3.79. The quantitative estimate of drug-likeness (QED) is 0.502. The topological polar surface area (TPSA) is 127 Å². The minimum Gasteiger partial charge on any atom is -0.322 e. The summed E-state index contributed by atoms with van der Waals surface area (Å²) in [6, 6.07) is 18.0. The fraction of sp³-hybridized carbons (Fsp3) is 0.125. The molecule has 2 amide bonds. The number of Topliss-reactive ketones (excluding diaryl/α,β-unsaturated/α-hetero) is 1. The number of benzene rings is 3. The van der Waals surface area contributed by atoms with Gasteiger partial charge in [-0.05, 0) is 48.0 Å². The maximum absolute atomic E-state index is 13.4. The second kappa shape index (κ2) is 9.38. The Morgan fingerprint density at radius 1 is 0.971 bits per heavy atom. The van der Waals surface area contributed by atoms with Crippen molar-refractivity contribution in [3.05, 3.63) is 88.9 Å². The lowest BCUT2D eigenvalue weighted by molar-refractivity contribution is -0.124. The molecular formula is C24H20ClN3O5S. The zero-order valence-electron chi connectivity index (χ0n) is 17.8. The van der Waals surface area contributed by atoms with E-state index >= 15 is 0 Å². The van der Waals surface area contributed by atoms with Crippen molar-refractivity contribution in [1.82, 2.24) is 0 Å². The highest BCUT2D eigenvalue weighted by Gasteiger charge is 2.38. The number of amides is 2. The van der Waals surface area contributed by atoms with Gasteiger partial charge in [0.15, 0.2) is 5.78 Å². The maximum Gasteiger partial charge on any atom is 0.252 e. The summed E-state index contributed by atoms with van der Waals surface area (Å²) in [4.78, 5) is 40.1. The SMILES string of the molecule is NS(=O)(=O)c1ccc2c(c1)NC(=O)C(c1ccccc1)N2C(=O)CCC(=O)c1ccc(Cl)cc1. The van der Waals surface area contributed by atoms with E-state index in [-0.39, 0.29) is 29.2 Å². The average Bonchev–Trinajstić information content (AvgIpc) is 2.81. The van der Waals surface area contributed by atoms with E-state index in [1.807, 2.05) is 0 Å². The highest BCUT2D eigenvalue weighted by Crippen LogP contribution is 2.40. The van der Waals surface area contributed by atoms with Crippen LogP contribution in [0.2, 0.25) is 5.02 Å². The number of primary sulfonamides is 1. The van der Waals surface area contributed by atoms with Crippen molar-refractivity contribution in [2.45, 2.75) is 23.8 Å². The molecule has 10 heteroatoms. The van der Waals surface area contributed by atoms with Gasteiger partial charge >= 0.3 is 0 Å². The first-order chi connectivity index (χ1) is 16.1. The van der Waals surface area contributed by atoms with Crippen LogP contribution in [-0.4, -0.2) is 26.0 Å². The third-order valence-corrected chi connectivity index (χ3v) is 6.60. The highest BCUT2D eigenvalue weighted by atomic mass is 35.5. The van der Waals surface area contributed by atoms with E-state index in [2.05, 4.69) is 5.32 Å². The smallest absolute Gasteiger partial charge is 0.252 e. The van der Waals surface area contributed by atoms with Crippen molar-refractivity contribution < 1.29 is 22.8 Å². The van der Waals surface area contributed by atoms with Crippen LogP contribution in [0.5, 0.6) is 0 Å². The van der Waals surface area contributed by atoms with E-state index in [1.54, 1.807) is 54.6 Å². The molecule has 0 spiro atoms. The van der Waals surface area contributed by atoms with E-state index in [9.17, 15) is 22.8 Å². The van der Waals surface area contributed by atoms with E-state index in [0.717, 1.165) is 0 Å². The van der Waals surface area contributed by atoms with Gasteiger partial charge in [-0.2, -0.15) is 0 Å². The van der Waals surface area contributed by atoms with Gasteiger partial charge in [-0.25, -0.2) is 13.6 Å². The summed E-state index contributed by atoms with van der Waals surface area (Å²) in [6.45, 7) is 0. The number of fused-ring (bicyclic) bond motifs is 1. The zero-order valence-corrected chi connectivity index (χ0v) is 19.3. The Morgan fingerprint density at radius 2 is 1.65 bits per heavy atom. The number of rotatable bonds is 6. The highest BCUT2D eigenvalue weighted by molar-refractivity contribution is 7.89. The first-order valence-electron chi connectivity index (χ1n) is 10.3. The third-order valence-electron chi connectivity index (χ3n) is 5.44. The molecule has 4 rings (SSSR count). The molecule has 0 bridgehead atoms. The Bertz CT molecular complexity index is 1380. The van der Waals surface area contributed by atoms with Crippen molar-refractivity contribution in [2.24, 2.45) is 5.14 Å². The van der Waals surface area contributed by atoms with E-state index in [1.165, 1.54) is 23.1 Å². The number of nitrogens with one attached hydrogen (secondary N) is 1. The van der Waals surface area contributed by atoms with E-state index in [4.69, 9.17) is 16.7 Å². The van der Waals surface area contributed by atoms with Crippen LogP contribution in [-0.2, 0) is 19.6 Å². The number of hydrogen-bond donors (Lipinski definition) is 2. The predicted octanol–water partition coefficient (Wildman–Crippen LogP) is 3.68. The summed E-state index contributed by atoms with van der Waals surface area (Å²) < 4.78 is 23.5. The van der Waals surface area contributed by atoms with Gasteiger partial charge in [0.05, 0.1) is 16.3 Å². The number of halogens is 1. The third kappa shape index (κ3) is 4.86. The maximum atomic E-state index is 13.4. The minimum atomic E-state index is -4.02. The molecule has 34 heavy (non-hydrogen) atoms. The van der Waals surface area contributed by atoms with Crippen LogP contribution in [0.4, 0.5) is 11.4 Å². The Balaban J connectivity index is 1.68. The number of sulfonamides is 1.